The third kappa shape index (κ3) is 1.55. The average Bonchev–Trinajstić information content (AvgIpc) is 2.53. The van der Waals surface area contributed by atoms with Crippen LogP contribution in [-0.2, 0) is 0 Å². The molecule has 0 atom stereocenters. The summed E-state index contributed by atoms with van der Waals surface area (Å²) in [5.41, 5.74) is 1.73. The molecule has 0 aliphatic carbocycles. The molecule has 3 nitrogen and oxygen atoms in total. The van der Waals surface area contributed by atoms with Gasteiger partial charge in [-0.05, 0) is 19.1 Å². The Morgan fingerprint density at radius 1 is 1.31 bits per heavy atom. The highest BCUT2D eigenvalue weighted by Gasteiger charge is 2.02. The largest absolute Gasteiger partial charge is 0.219 e. The summed E-state index contributed by atoms with van der Waals surface area (Å²) in [7, 11) is 0. The summed E-state index contributed by atoms with van der Waals surface area (Å²) in [5, 5.41) is 8.49. The van der Waals surface area contributed by atoms with Crippen molar-refractivity contribution in [1.29, 1.82) is 0 Å². The van der Waals surface area contributed by atoms with Gasteiger partial charge >= 0.3 is 0 Å². The number of halogens is 1. The van der Waals surface area contributed by atoms with Gasteiger partial charge in [0.2, 0.25) is 0 Å². The van der Waals surface area contributed by atoms with Gasteiger partial charge in [0, 0.05) is 0 Å². The number of aryl methyl sites for hydroxylation is 1. The van der Waals surface area contributed by atoms with E-state index < -0.39 is 0 Å². The van der Waals surface area contributed by atoms with Gasteiger partial charge in [0.05, 0.1) is 22.6 Å². The molecule has 0 unspecified atom stereocenters. The second-order valence-electron chi connectivity index (χ2n) is 2.76. The summed E-state index contributed by atoms with van der Waals surface area (Å²) < 4.78 is 1.66. The highest BCUT2D eigenvalue weighted by molar-refractivity contribution is 6.32. The Balaban J connectivity index is 2.52. The van der Waals surface area contributed by atoms with E-state index in [0.717, 1.165) is 11.4 Å². The molecular formula is C9H8ClN3. The Morgan fingerprint density at radius 2 is 2.08 bits per heavy atom. The van der Waals surface area contributed by atoms with E-state index in [1.165, 1.54) is 0 Å². The van der Waals surface area contributed by atoms with Gasteiger partial charge in [-0.1, -0.05) is 28.9 Å². The number of para-hydroxylation sites is 1. The van der Waals surface area contributed by atoms with Crippen LogP contribution in [0.3, 0.4) is 0 Å². The normalized spacial score (nSPS) is 10.3. The predicted molar refractivity (Wildman–Crippen MR) is 51.1 cm³/mol. The van der Waals surface area contributed by atoms with Gasteiger partial charge in [0.25, 0.3) is 0 Å². The van der Waals surface area contributed by atoms with Crippen LogP contribution in [0.4, 0.5) is 0 Å². The van der Waals surface area contributed by atoms with Gasteiger partial charge in [-0.15, -0.1) is 5.10 Å². The number of rotatable bonds is 1. The summed E-state index contributed by atoms with van der Waals surface area (Å²) in [6.45, 7) is 1.89. The fourth-order valence-electron chi connectivity index (χ4n) is 1.10. The lowest BCUT2D eigenvalue weighted by molar-refractivity contribution is 0.801. The minimum absolute atomic E-state index is 0.674. The minimum Gasteiger partial charge on any atom is -0.219 e. The second kappa shape index (κ2) is 3.18. The molecule has 0 saturated carbocycles. The van der Waals surface area contributed by atoms with Crippen molar-refractivity contribution in [2.24, 2.45) is 0 Å². The first kappa shape index (κ1) is 8.26. The first-order chi connectivity index (χ1) is 6.27. The molecule has 0 fully saturated rings. The molecule has 0 radical (unpaired) electrons. The lowest BCUT2D eigenvalue weighted by atomic mass is 10.3. The molecule has 1 heterocycles. The van der Waals surface area contributed by atoms with E-state index >= 15 is 0 Å². The molecule has 2 aromatic rings. The lowest BCUT2D eigenvalue weighted by Crippen LogP contribution is -1.95. The number of benzene rings is 1. The standard InChI is InChI=1S/C9H8ClN3/c1-7-6-13(12-11-7)9-5-3-2-4-8(9)10/h2-6H,1H3. The molecule has 1 aromatic carbocycles. The molecule has 0 aliphatic heterocycles. The van der Waals surface area contributed by atoms with E-state index in [4.69, 9.17) is 11.6 Å². The maximum absolute atomic E-state index is 5.98. The molecule has 0 N–H and O–H groups in total. The van der Waals surface area contributed by atoms with Crippen LogP contribution < -0.4 is 0 Å². The van der Waals surface area contributed by atoms with Gasteiger partial charge in [-0.25, -0.2) is 4.68 Å². The first-order valence-electron chi connectivity index (χ1n) is 3.91. The summed E-state index contributed by atoms with van der Waals surface area (Å²) >= 11 is 5.98. The van der Waals surface area contributed by atoms with E-state index in [1.54, 1.807) is 4.68 Å². The molecule has 0 saturated heterocycles. The van der Waals surface area contributed by atoms with Crippen molar-refractivity contribution in [3.63, 3.8) is 0 Å². The van der Waals surface area contributed by atoms with Crippen LogP contribution in [0.25, 0.3) is 5.69 Å². The van der Waals surface area contributed by atoms with Crippen molar-refractivity contribution in [3.8, 4) is 5.69 Å². The molecule has 4 heteroatoms. The van der Waals surface area contributed by atoms with Crippen LogP contribution in [0.15, 0.2) is 30.5 Å². The number of nitrogens with zero attached hydrogens (tertiary/aromatic N) is 3. The molecule has 0 aliphatic rings. The molecule has 0 spiro atoms. The number of hydrogen-bond acceptors (Lipinski definition) is 2. The molecule has 2 rings (SSSR count). The predicted octanol–water partition coefficient (Wildman–Crippen LogP) is 2.23. The summed E-state index contributed by atoms with van der Waals surface area (Å²) in [6.07, 6.45) is 1.83. The average molecular weight is 194 g/mol. The topological polar surface area (TPSA) is 30.7 Å². The van der Waals surface area contributed by atoms with Crippen molar-refractivity contribution in [2.45, 2.75) is 6.92 Å². The summed E-state index contributed by atoms with van der Waals surface area (Å²) in [5.74, 6) is 0. The number of aromatic nitrogens is 3. The zero-order chi connectivity index (χ0) is 9.26. The monoisotopic (exact) mass is 193 g/mol. The minimum atomic E-state index is 0.674. The van der Waals surface area contributed by atoms with Crippen molar-refractivity contribution in [1.82, 2.24) is 15.0 Å². The van der Waals surface area contributed by atoms with Gasteiger partial charge in [-0.3, -0.25) is 0 Å². The fraction of sp³-hybridized carbons (Fsp3) is 0.111. The zero-order valence-corrected chi connectivity index (χ0v) is 7.86. The van der Waals surface area contributed by atoms with Crippen LogP contribution in [0.1, 0.15) is 5.69 Å². The first-order valence-corrected chi connectivity index (χ1v) is 4.29. The molecular weight excluding hydrogens is 186 g/mol. The highest BCUT2D eigenvalue weighted by atomic mass is 35.5. The Bertz CT molecular complexity index is 422. The molecule has 0 bridgehead atoms. The van der Waals surface area contributed by atoms with Crippen LogP contribution in [-0.4, -0.2) is 15.0 Å². The molecule has 66 valence electrons. The maximum atomic E-state index is 5.98. The van der Waals surface area contributed by atoms with E-state index in [0.29, 0.717) is 5.02 Å². The molecule has 13 heavy (non-hydrogen) atoms. The van der Waals surface area contributed by atoms with E-state index in [-0.39, 0.29) is 0 Å². The van der Waals surface area contributed by atoms with Crippen molar-refractivity contribution < 1.29 is 0 Å². The third-order valence-corrected chi connectivity index (χ3v) is 2.03. The Labute approximate surface area is 81.0 Å². The smallest absolute Gasteiger partial charge is 0.0849 e. The van der Waals surface area contributed by atoms with Crippen LogP contribution in [0, 0.1) is 6.92 Å². The van der Waals surface area contributed by atoms with Gasteiger partial charge in [0.1, 0.15) is 0 Å². The summed E-state index contributed by atoms with van der Waals surface area (Å²) in [6, 6.07) is 7.53. The van der Waals surface area contributed by atoms with E-state index in [2.05, 4.69) is 10.3 Å². The van der Waals surface area contributed by atoms with Gasteiger partial charge < -0.3 is 0 Å². The van der Waals surface area contributed by atoms with Crippen LogP contribution in [0.2, 0.25) is 5.02 Å². The molecule has 0 amide bonds. The van der Waals surface area contributed by atoms with Crippen molar-refractivity contribution in [3.05, 3.63) is 41.2 Å². The van der Waals surface area contributed by atoms with Crippen LogP contribution in [0.5, 0.6) is 0 Å². The summed E-state index contributed by atoms with van der Waals surface area (Å²) in [4.78, 5) is 0. The Kier molecular flexibility index (Phi) is 2.02. The van der Waals surface area contributed by atoms with Gasteiger partial charge in [0.15, 0.2) is 0 Å². The van der Waals surface area contributed by atoms with E-state index in [1.807, 2.05) is 37.4 Å². The Morgan fingerprint density at radius 3 is 2.69 bits per heavy atom. The molecule has 1 aromatic heterocycles. The third-order valence-electron chi connectivity index (χ3n) is 1.71. The number of hydrogen-bond donors (Lipinski definition) is 0. The highest BCUT2D eigenvalue weighted by Crippen LogP contribution is 2.18. The van der Waals surface area contributed by atoms with Crippen molar-refractivity contribution in [2.75, 3.05) is 0 Å². The SMILES string of the molecule is Cc1cn(-c2ccccc2Cl)nn1. The zero-order valence-electron chi connectivity index (χ0n) is 7.11. The fourth-order valence-corrected chi connectivity index (χ4v) is 1.32. The second-order valence-corrected chi connectivity index (χ2v) is 3.16. The van der Waals surface area contributed by atoms with Crippen LogP contribution >= 0.6 is 11.6 Å². The van der Waals surface area contributed by atoms with Gasteiger partial charge in [-0.2, -0.15) is 0 Å². The quantitative estimate of drug-likeness (QED) is 0.696. The van der Waals surface area contributed by atoms with E-state index in [9.17, 15) is 0 Å². The Hall–Kier alpha value is -1.35. The van der Waals surface area contributed by atoms with Crippen molar-refractivity contribution >= 4 is 11.6 Å². The maximum Gasteiger partial charge on any atom is 0.0849 e. The lowest BCUT2D eigenvalue weighted by Gasteiger charge is -2.00.